The van der Waals surface area contributed by atoms with Gasteiger partial charge in [-0.3, -0.25) is 9.59 Å². The molecule has 0 aromatic heterocycles. The summed E-state index contributed by atoms with van der Waals surface area (Å²) in [6.07, 6.45) is 3.38. The molecule has 4 heteroatoms. The van der Waals surface area contributed by atoms with Gasteiger partial charge in [-0.15, -0.1) is 0 Å². The van der Waals surface area contributed by atoms with Gasteiger partial charge < -0.3 is 9.64 Å². The Kier molecular flexibility index (Phi) is 6.75. The summed E-state index contributed by atoms with van der Waals surface area (Å²) < 4.78 is 5.31. The molecule has 0 bridgehead atoms. The molecule has 0 radical (unpaired) electrons. The molecule has 0 saturated carbocycles. The first-order chi connectivity index (χ1) is 12.0. The Labute approximate surface area is 149 Å². The van der Waals surface area contributed by atoms with Crippen LogP contribution in [0, 0.1) is 6.92 Å². The minimum Gasteiger partial charge on any atom is -0.427 e. The summed E-state index contributed by atoms with van der Waals surface area (Å²) in [6, 6.07) is 14.5. The lowest BCUT2D eigenvalue weighted by Gasteiger charge is -2.18. The third-order valence-electron chi connectivity index (χ3n) is 4.04. The maximum absolute atomic E-state index is 12.5. The summed E-state index contributed by atoms with van der Waals surface area (Å²) in [5.41, 5.74) is 2.50. The maximum Gasteiger partial charge on any atom is 0.311 e. The second kappa shape index (κ2) is 9.02. The number of esters is 1. The van der Waals surface area contributed by atoms with Crippen molar-refractivity contribution in [1.29, 1.82) is 0 Å². The van der Waals surface area contributed by atoms with Crippen molar-refractivity contribution in [3.63, 3.8) is 0 Å². The smallest absolute Gasteiger partial charge is 0.311 e. The van der Waals surface area contributed by atoms with Crippen LogP contribution >= 0.6 is 0 Å². The first-order valence-electron chi connectivity index (χ1n) is 8.66. The van der Waals surface area contributed by atoms with E-state index in [1.54, 1.807) is 36.2 Å². The average Bonchev–Trinajstić information content (AvgIpc) is 2.62. The Morgan fingerprint density at radius 3 is 2.20 bits per heavy atom. The number of amides is 1. The highest BCUT2D eigenvalue weighted by atomic mass is 16.5. The topological polar surface area (TPSA) is 46.6 Å². The molecule has 1 amide bonds. The fraction of sp³-hybridized carbons (Fsp3) is 0.333. The van der Waals surface area contributed by atoms with Crippen molar-refractivity contribution in [2.24, 2.45) is 0 Å². The van der Waals surface area contributed by atoms with Gasteiger partial charge >= 0.3 is 5.97 Å². The Morgan fingerprint density at radius 2 is 1.60 bits per heavy atom. The number of hydrogen-bond donors (Lipinski definition) is 0. The third-order valence-corrected chi connectivity index (χ3v) is 4.04. The molecule has 0 spiro atoms. The summed E-state index contributed by atoms with van der Waals surface area (Å²) in [5, 5.41) is 0. The van der Waals surface area contributed by atoms with Crippen LogP contribution in [-0.4, -0.2) is 18.9 Å². The van der Waals surface area contributed by atoms with Gasteiger partial charge in [-0.25, -0.2) is 0 Å². The van der Waals surface area contributed by atoms with Gasteiger partial charge in [0.2, 0.25) is 0 Å². The van der Waals surface area contributed by atoms with E-state index >= 15 is 0 Å². The van der Waals surface area contributed by atoms with Crippen molar-refractivity contribution in [2.45, 2.75) is 39.5 Å². The molecule has 0 saturated heterocycles. The lowest BCUT2D eigenvalue weighted by atomic mass is 10.1. The number of nitrogens with zero attached hydrogens (tertiary/aromatic N) is 1. The van der Waals surface area contributed by atoms with E-state index in [0.717, 1.165) is 30.5 Å². The lowest BCUT2D eigenvalue weighted by Crippen LogP contribution is -2.26. The van der Waals surface area contributed by atoms with E-state index in [-0.39, 0.29) is 11.9 Å². The molecule has 25 heavy (non-hydrogen) atoms. The Hall–Kier alpha value is -2.62. The van der Waals surface area contributed by atoms with Gasteiger partial charge in [-0.1, -0.05) is 37.5 Å². The van der Waals surface area contributed by atoms with Crippen LogP contribution in [-0.2, 0) is 4.79 Å². The molecular formula is C21H25NO3. The molecule has 0 fully saturated rings. The minimum atomic E-state index is -0.217. The summed E-state index contributed by atoms with van der Waals surface area (Å²) in [7, 11) is 1.73. The van der Waals surface area contributed by atoms with E-state index in [1.165, 1.54) is 0 Å². The van der Waals surface area contributed by atoms with Crippen molar-refractivity contribution < 1.29 is 14.3 Å². The van der Waals surface area contributed by atoms with E-state index in [1.807, 2.05) is 31.2 Å². The molecule has 0 aliphatic heterocycles. The van der Waals surface area contributed by atoms with Crippen molar-refractivity contribution in [3.05, 3.63) is 59.7 Å². The monoisotopic (exact) mass is 339 g/mol. The summed E-state index contributed by atoms with van der Waals surface area (Å²) in [5.74, 6) is 0.205. The predicted molar refractivity (Wildman–Crippen MR) is 100 cm³/mol. The molecular weight excluding hydrogens is 314 g/mol. The number of carbonyl (C=O) groups is 2. The Morgan fingerprint density at radius 1 is 0.960 bits per heavy atom. The number of aryl methyl sites for hydroxylation is 1. The first-order valence-corrected chi connectivity index (χ1v) is 8.66. The number of unbranched alkanes of at least 4 members (excludes halogenated alkanes) is 2. The zero-order valence-electron chi connectivity index (χ0n) is 15.1. The summed E-state index contributed by atoms with van der Waals surface area (Å²) in [6.45, 7) is 4.08. The van der Waals surface area contributed by atoms with Gasteiger partial charge in [-0.05, 0) is 49.7 Å². The molecule has 2 rings (SSSR count). The van der Waals surface area contributed by atoms with Gasteiger partial charge in [-0.2, -0.15) is 0 Å². The molecule has 2 aromatic carbocycles. The molecule has 0 aliphatic carbocycles. The van der Waals surface area contributed by atoms with Crippen LogP contribution in [0.25, 0.3) is 0 Å². The van der Waals surface area contributed by atoms with Crippen LogP contribution in [0.15, 0.2) is 48.5 Å². The summed E-state index contributed by atoms with van der Waals surface area (Å²) >= 11 is 0. The number of carbonyl (C=O) groups excluding carboxylic acids is 2. The lowest BCUT2D eigenvalue weighted by molar-refractivity contribution is -0.134. The van der Waals surface area contributed by atoms with Gasteiger partial charge in [0, 0.05) is 24.7 Å². The average molecular weight is 339 g/mol. The van der Waals surface area contributed by atoms with Gasteiger partial charge in [0.15, 0.2) is 0 Å². The van der Waals surface area contributed by atoms with E-state index in [9.17, 15) is 9.59 Å². The second-order valence-electron chi connectivity index (χ2n) is 6.16. The van der Waals surface area contributed by atoms with Crippen LogP contribution in [0.5, 0.6) is 5.75 Å². The fourth-order valence-electron chi connectivity index (χ4n) is 2.45. The van der Waals surface area contributed by atoms with Crippen LogP contribution in [0.4, 0.5) is 5.69 Å². The molecule has 0 atom stereocenters. The second-order valence-corrected chi connectivity index (χ2v) is 6.16. The molecule has 2 aromatic rings. The Bertz CT molecular complexity index is 705. The molecule has 4 nitrogen and oxygen atoms in total. The number of benzene rings is 2. The van der Waals surface area contributed by atoms with Crippen molar-refractivity contribution in [1.82, 2.24) is 0 Å². The SMILES string of the molecule is CCCCCC(=O)Oc1ccc(N(C)C(=O)c2ccc(C)cc2)cc1. The molecule has 0 N–H and O–H groups in total. The van der Waals surface area contributed by atoms with Gasteiger partial charge in [0.1, 0.15) is 5.75 Å². The maximum atomic E-state index is 12.5. The van der Waals surface area contributed by atoms with Crippen LogP contribution in [0.3, 0.4) is 0 Å². The highest BCUT2D eigenvalue weighted by Crippen LogP contribution is 2.21. The predicted octanol–water partition coefficient (Wildman–Crippen LogP) is 4.76. The minimum absolute atomic E-state index is 0.0793. The quantitative estimate of drug-likeness (QED) is 0.415. The number of hydrogen-bond acceptors (Lipinski definition) is 3. The fourth-order valence-corrected chi connectivity index (χ4v) is 2.45. The number of ether oxygens (including phenoxy) is 1. The Balaban J connectivity index is 1.97. The van der Waals surface area contributed by atoms with Crippen LogP contribution in [0.2, 0.25) is 0 Å². The molecule has 0 unspecified atom stereocenters. The van der Waals surface area contributed by atoms with Crippen molar-refractivity contribution in [3.8, 4) is 5.75 Å². The van der Waals surface area contributed by atoms with E-state index in [2.05, 4.69) is 6.92 Å². The zero-order chi connectivity index (χ0) is 18.2. The molecule has 0 heterocycles. The van der Waals surface area contributed by atoms with Crippen LogP contribution in [0.1, 0.15) is 48.5 Å². The van der Waals surface area contributed by atoms with Crippen molar-refractivity contribution >= 4 is 17.6 Å². The first kappa shape index (κ1) is 18.7. The number of anilines is 1. The highest BCUT2D eigenvalue weighted by Gasteiger charge is 2.13. The molecule has 132 valence electrons. The molecule has 0 aliphatic rings. The normalized spacial score (nSPS) is 10.4. The van der Waals surface area contributed by atoms with Gasteiger partial charge in [0.05, 0.1) is 0 Å². The van der Waals surface area contributed by atoms with E-state index < -0.39 is 0 Å². The largest absolute Gasteiger partial charge is 0.427 e. The zero-order valence-corrected chi connectivity index (χ0v) is 15.1. The van der Waals surface area contributed by atoms with Gasteiger partial charge in [0.25, 0.3) is 5.91 Å². The third kappa shape index (κ3) is 5.45. The van der Waals surface area contributed by atoms with E-state index in [0.29, 0.717) is 17.7 Å². The van der Waals surface area contributed by atoms with E-state index in [4.69, 9.17) is 4.74 Å². The van der Waals surface area contributed by atoms with Crippen molar-refractivity contribution in [2.75, 3.05) is 11.9 Å². The highest BCUT2D eigenvalue weighted by molar-refractivity contribution is 6.05. The standard InChI is InChI=1S/C21H25NO3/c1-4-5-6-7-20(23)25-19-14-12-18(13-15-19)22(3)21(24)17-10-8-16(2)9-11-17/h8-15H,4-7H2,1-3H3. The number of rotatable bonds is 7. The summed E-state index contributed by atoms with van der Waals surface area (Å²) in [4.78, 5) is 25.8. The van der Waals surface area contributed by atoms with Crippen LogP contribution < -0.4 is 9.64 Å².